The van der Waals surface area contributed by atoms with Crippen molar-refractivity contribution in [1.82, 2.24) is 0 Å². The van der Waals surface area contributed by atoms with E-state index in [2.05, 4.69) is 24.1 Å². The van der Waals surface area contributed by atoms with Crippen molar-refractivity contribution in [3.8, 4) is 0 Å². The molecule has 138 valence electrons. The quantitative estimate of drug-likeness (QED) is 0.708. The molecule has 0 spiro atoms. The molecule has 2 aromatic carbocycles. The molecule has 5 heteroatoms. The number of anilines is 2. The van der Waals surface area contributed by atoms with Crippen molar-refractivity contribution in [2.24, 2.45) is 0 Å². The van der Waals surface area contributed by atoms with Gasteiger partial charge in [-0.3, -0.25) is 9.59 Å². The number of hydrogen-bond donors (Lipinski definition) is 2. The maximum atomic E-state index is 12.5. The average molecular weight is 354 g/mol. The number of amides is 1. The zero-order chi connectivity index (χ0) is 18.9. The third-order valence-electron chi connectivity index (χ3n) is 4.27. The number of aliphatic carboxylic acids is 1. The van der Waals surface area contributed by atoms with Crippen LogP contribution < -0.4 is 10.2 Å². The lowest BCUT2D eigenvalue weighted by atomic mass is 10.1. The first-order valence-electron chi connectivity index (χ1n) is 9.01. The van der Waals surface area contributed by atoms with Crippen molar-refractivity contribution in [1.29, 1.82) is 0 Å². The Morgan fingerprint density at radius 3 is 2.35 bits per heavy atom. The smallest absolute Gasteiger partial charge is 0.307 e. The van der Waals surface area contributed by atoms with E-state index in [-0.39, 0.29) is 12.3 Å². The lowest BCUT2D eigenvalue weighted by Crippen LogP contribution is -2.23. The van der Waals surface area contributed by atoms with E-state index in [1.807, 2.05) is 12.1 Å². The van der Waals surface area contributed by atoms with Gasteiger partial charge in [0.2, 0.25) is 0 Å². The van der Waals surface area contributed by atoms with Gasteiger partial charge in [0, 0.05) is 30.0 Å². The van der Waals surface area contributed by atoms with E-state index in [1.165, 1.54) is 0 Å². The summed E-state index contributed by atoms with van der Waals surface area (Å²) in [5.74, 6) is -1.17. The number of benzene rings is 2. The molecule has 0 aliphatic rings. The molecule has 0 aliphatic heterocycles. The highest BCUT2D eigenvalue weighted by Gasteiger charge is 2.12. The minimum Gasteiger partial charge on any atom is -0.481 e. The van der Waals surface area contributed by atoms with Gasteiger partial charge in [0.25, 0.3) is 5.91 Å². The van der Waals surface area contributed by atoms with E-state index in [0.717, 1.165) is 31.6 Å². The van der Waals surface area contributed by atoms with Crippen LogP contribution in [0.4, 0.5) is 11.4 Å². The van der Waals surface area contributed by atoms with E-state index in [4.69, 9.17) is 5.11 Å². The summed E-state index contributed by atoms with van der Waals surface area (Å²) in [4.78, 5) is 25.8. The second-order valence-electron chi connectivity index (χ2n) is 6.16. The predicted molar refractivity (Wildman–Crippen MR) is 105 cm³/mol. The lowest BCUT2D eigenvalue weighted by molar-refractivity contribution is -0.136. The molecular weight excluding hydrogens is 328 g/mol. The van der Waals surface area contributed by atoms with Gasteiger partial charge in [-0.15, -0.1) is 0 Å². The Balaban J connectivity index is 2.10. The topological polar surface area (TPSA) is 69.6 Å². The highest BCUT2D eigenvalue weighted by Crippen LogP contribution is 2.19. The van der Waals surface area contributed by atoms with Crippen molar-refractivity contribution in [2.45, 2.75) is 33.1 Å². The number of para-hydroxylation sites is 1. The summed E-state index contributed by atoms with van der Waals surface area (Å²) in [5, 5.41) is 11.8. The number of unbranched alkanes of at least 4 members (excludes halogenated alkanes) is 1. The van der Waals surface area contributed by atoms with Crippen LogP contribution in [0.1, 0.15) is 42.6 Å². The Morgan fingerprint density at radius 1 is 1.04 bits per heavy atom. The predicted octanol–water partition coefficient (Wildman–Crippen LogP) is 4.19. The number of carboxylic acids is 1. The normalized spacial score (nSPS) is 10.4. The van der Waals surface area contributed by atoms with Gasteiger partial charge in [0.15, 0.2) is 0 Å². The van der Waals surface area contributed by atoms with Crippen LogP contribution in [0.15, 0.2) is 48.5 Å². The fourth-order valence-corrected chi connectivity index (χ4v) is 2.80. The molecular formula is C21H26N2O3. The minimum atomic E-state index is -0.928. The fraction of sp³-hybridized carbons (Fsp3) is 0.333. The van der Waals surface area contributed by atoms with Crippen LogP contribution in [0.2, 0.25) is 0 Å². The van der Waals surface area contributed by atoms with Crippen LogP contribution in [-0.4, -0.2) is 30.1 Å². The molecule has 0 saturated carbocycles. The second-order valence-corrected chi connectivity index (χ2v) is 6.16. The number of nitrogens with zero attached hydrogens (tertiary/aromatic N) is 1. The molecule has 2 rings (SSSR count). The molecule has 1 amide bonds. The van der Waals surface area contributed by atoms with Crippen LogP contribution in [-0.2, 0) is 11.2 Å². The first-order chi connectivity index (χ1) is 12.5. The zero-order valence-corrected chi connectivity index (χ0v) is 15.4. The van der Waals surface area contributed by atoms with Crippen molar-refractivity contribution in [2.75, 3.05) is 23.3 Å². The second kappa shape index (κ2) is 9.61. The number of rotatable bonds is 9. The van der Waals surface area contributed by atoms with Crippen molar-refractivity contribution in [3.05, 3.63) is 59.7 Å². The highest BCUT2D eigenvalue weighted by atomic mass is 16.4. The van der Waals surface area contributed by atoms with Crippen LogP contribution in [0.3, 0.4) is 0 Å². The SMILES string of the molecule is CCCCN(CC)c1ccc(C(=O)Nc2ccccc2CC(=O)O)cc1. The van der Waals surface area contributed by atoms with Gasteiger partial charge in [-0.05, 0) is 49.2 Å². The molecule has 0 saturated heterocycles. The van der Waals surface area contributed by atoms with Crippen molar-refractivity contribution < 1.29 is 14.7 Å². The minimum absolute atomic E-state index is 0.127. The van der Waals surface area contributed by atoms with E-state index >= 15 is 0 Å². The Kier molecular flexibility index (Phi) is 7.21. The van der Waals surface area contributed by atoms with Gasteiger partial charge in [0.1, 0.15) is 0 Å². The standard InChI is InChI=1S/C21H26N2O3/c1-3-5-14-23(4-2)18-12-10-16(11-13-18)21(26)22-19-9-7-6-8-17(19)15-20(24)25/h6-13H,3-5,14-15H2,1-2H3,(H,22,26)(H,24,25). The summed E-state index contributed by atoms with van der Waals surface area (Å²) in [5.41, 5.74) is 2.76. The van der Waals surface area contributed by atoms with Gasteiger partial charge in [0.05, 0.1) is 6.42 Å². The number of nitrogens with one attached hydrogen (secondary N) is 1. The summed E-state index contributed by atoms with van der Waals surface area (Å²) in [7, 11) is 0. The first kappa shape index (κ1) is 19.5. The summed E-state index contributed by atoms with van der Waals surface area (Å²) < 4.78 is 0. The maximum absolute atomic E-state index is 12.5. The molecule has 0 aromatic heterocycles. The summed E-state index contributed by atoms with van der Waals surface area (Å²) in [6.07, 6.45) is 2.15. The van der Waals surface area contributed by atoms with Crippen molar-refractivity contribution in [3.63, 3.8) is 0 Å². The molecule has 0 heterocycles. The molecule has 0 unspecified atom stereocenters. The molecule has 5 nitrogen and oxygen atoms in total. The van der Waals surface area contributed by atoms with Gasteiger partial charge < -0.3 is 15.3 Å². The molecule has 0 atom stereocenters. The summed E-state index contributed by atoms with van der Waals surface area (Å²) in [6, 6.07) is 14.5. The third-order valence-corrected chi connectivity index (χ3v) is 4.27. The molecule has 0 aliphatic carbocycles. The number of hydrogen-bond acceptors (Lipinski definition) is 3. The first-order valence-corrected chi connectivity index (χ1v) is 9.01. The highest BCUT2D eigenvalue weighted by molar-refractivity contribution is 6.05. The average Bonchev–Trinajstić information content (AvgIpc) is 2.64. The Hall–Kier alpha value is -2.82. The van der Waals surface area contributed by atoms with Crippen LogP contribution in [0, 0.1) is 0 Å². The van der Waals surface area contributed by atoms with Gasteiger partial charge in [-0.1, -0.05) is 31.5 Å². The Bertz CT molecular complexity index is 741. The van der Waals surface area contributed by atoms with E-state index in [0.29, 0.717) is 16.8 Å². The monoisotopic (exact) mass is 354 g/mol. The Morgan fingerprint density at radius 2 is 1.73 bits per heavy atom. The lowest BCUT2D eigenvalue weighted by Gasteiger charge is -2.23. The molecule has 2 N–H and O–H groups in total. The zero-order valence-electron chi connectivity index (χ0n) is 15.4. The molecule has 0 bridgehead atoms. The van der Waals surface area contributed by atoms with Crippen molar-refractivity contribution >= 4 is 23.3 Å². The van der Waals surface area contributed by atoms with E-state index in [9.17, 15) is 9.59 Å². The van der Waals surface area contributed by atoms with Crippen LogP contribution >= 0.6 is 0 Å². The maximum Gasteiger partial charge on any atom is 0.307 e. The summed E-state index contributed by atoms with van der Waals surface area (Å²) >= 11 is 0. The van der Waals surface area contributed by atoms with Gasteiger partial charge in [-0.25, -0.2) is 0 Å². The fourth-order valence-electron chi connectivity index (χ4n) is 2.80. The molecule has 0 radical (unpaired) electrons. The molecule has 2 aromatic rings. The summed E-state index contributed by atoms with van der Waals surface area (Å²) in [6.45, 7) is 6.22. The molecule has 26 heavy (non-hydrogen) atoms. The van der Waals surface area contributed by atoms with E-state index < -0.39 is 5.97 Å². The van der Waals surface area contributed by atoms with Gasteiger partial charge in [-0.2, -0.15) is 0 Å². The largest absolute Gasteiger partial charge is 0.481 e. The Labute approximate surface area is 154 Å². The van der Waals surface area contributed by atoms with E-state index in [1.54, 1.807) is 36.4 Å². The number of carboxylic acid groups (broad SMARTS) is 1. The number of carbonyl (C=O) groups excluding carboxylic acids is 1. The number of carbonyl (C=O) groups is 2. The van der Waals surface area contributed by atoms with Gasteiger partial charge >= 0.3 is 5.97 Å². The van der Waals surface area contributed by atoms with Crippen LogP contribution in [0.25, 0.3) is 0 Å². The third kappa shape index (κ3) is 5.34. The van der Waals surface area contributed by atoms with Crippen LogP contribution in [0.5, 0.6) is 0 Å². The molecule has 0 fully saturated rings.